The number of carbonyl (C=O) groups excluding carboxylic acids is 1. The number of thioether (sulfide) groups is 1. The van der Waals surface area contributed by atoms with Crippen LogP contribution in [-0.4, -0.2) is 16.6 Å². The van der Waals surface area contributed by atoms with Gasteiger partial charge in [0.2, 0.25) is 0 Å². The molecule has 0 saturated heterocycles. The zero-order valence-corrected chi connectivity index (χ0v) is 12.2. The van der Waals surface area contributed by atoms with E-state index in [-0.39, 0.29) is 5.37 Å². The molecular formula is C15H12N2OS2. The third-order valence-electron chi connectivity index (χ3n) is 2.78. The van der Waals surface area contributed by atoms with Gasteiger partial charge in [0.05, 0.1) is 0 Å². The van der Waals surface area contributed by atoms with E-state index in [1.165, 1.54) is 16.7 Å². The summed E-state index contributed by atoms with van der Waals surface area (Å²) in [6.45, 7) is 0. The fourth-order valence-electron chi connectivity index (χ4n) is 1.85. The van der Waals surface area contributed by atoms with Crippen molar-refractivity contribution in [3.63, 3.8) is 0 Å². The van der Waals surface area contributed by atoms with Crippen molar-refractivity contribution < 1.29 is 4.79 Å². The minimum Gasteiger partial charge on any atom is -0.372 e. The van der Waals surface area contributed by atoms with Crippen molar-refractivity contribution in [2.45, 2.75) is 15.2 Å². The molecular weight excluding hydrogens is 288 g/mol. The number of hydrogen-bond acceptors (Lipinski definition) is 5. The van der Waals surface area contributed by atoms with Crippen LogP contribution >= 0.6 is 23.5 Å². The average Bonchev–Trinajstić information content (AvgIpc) is 2.98. The van der Waals surface area contributed by atoms with Gasteiger partial charge in [-0.05, 0) is 18.2 Å². The second kappa shape index (κ2) is 6.15. The number of nitrogens with one attached hydrogen (secondary N) is 1. The fraction of sp³-hybridized carbons (Fsp3) is 0.0667. The normalized spacial score (nSPS) is 17.4. The molecule has 0 fully saturated rings. The molecule has 0 amide bonds. The second-order valence-corrected chi connectivity index (χ2v) is 6.44. The molecule has 1 aliphatic heterocycles. The van der Waals surface area contributed by atoms with Crippen LogP contribution in [0, 0.1) is 0 Å². The third kappa shape index (κ3) is 2.89. The van der Waals surface area contributed by atoms with Crippen LogP contribution in [0.25, 0.3) is 4.91 Å². The SMILES string of the molecule is O=CC1NC=C(c2ccncc2Sc2ccccc2)S1. The maximum atomic E-state index is 10.8. The van der Waals surface area contributed by atoms with Gasteiger partial charge in [0.25, 0.3) is 0 Å². The van der Waals surface area contributed by atoms with E-state index >= 15 is 0 Å². The molecule has 3 nitrogen and oxygen atoms in total. The quantitative estimate of drug-likeness (QED) is 0.877. The van der Waals surface area contributed by atoms with Gasteiger partial charge in [-0.3, -0.25) is 4.98 Å². The summed E-state index contributed by atoms with van der Waals surface area (Å²) in [5.74, 6) is 0. The molecule has 2 heterocycles. The van der Waals surface area contributed by atoms with E-state index in [1.807, 2.05) is 36.7 Å². The van der Waals surface area contributed by atoms with Crippen LogP contribution in [0.3, 0.4) is 0 Å². The molecule has 5 heteroatoms. The smallest absolute Gasteiger partial charge is 0.152 e. The summed E-state index contributed by atoms with van der Waals surface area (Å²) in [5.41, 5.74) is 1.11. The van der Waals surface area contributed by atoms with E-state index in [1.54, 1.807) is 18.0 Å². The maximum Gasteiger partial charge on any atom is 0.152 e. The first-order chi connectivity index (χ1) is 9.86. The van der Waals surface area contributed by atoms with Crippen molar-refractivity contribution in [1.29, 1.82) is 0 Å². The van der Waals surface area contributed by atoms with Gasteiger partial charge in [-0.15, -0.1) is 0 Å². The van der Waals surface area contributed by atoms with Crippen LogP contribution in [-0.2, 0) is 4.79 Å². The van der Waals surface area contributed by atoms with E-state index in [9.17, 15) is 4.79 Å². The van der Waals surface area contributed by atoms with E-state index in [2.05, 4.69) is 22.4 Å². The van der Waals surface area contributed by atoms with Crippen LogP contribution in [0.15, 0.2) is 64.8 Å². The van der Waals surface area contributed by atoms with Gasteiger partial charge in [0.15, 0.2) is 6.29 Å². The largest absolute Gasteiger partial charge is 0.372 e. The van der Waals surface area contributed by atoms with Crippen molar-refractivity contribution in [1.82, 2.24) is 10.3 Å². The number of pyridine rings is 1. The minimum absolute atomic E-state index is 0.187. The second-order valence-electron chi connectivity index (χ2n) is 4.14. The Morgan fingerprint density at radius 1 is 1.25 bits per heavy atom. The summed E-state index contributed by atoms with van der Waals surface area (Å²) in [4.78, 5) is 18.4. The summed E-state index contributed by atoms with van der Waals surface area (Å²) in [6, 6.07) is 12.2. The molecule has 1 unspecified atom stereocenters. The number of carbonyl (C=O) groups is 1. The van der Waals surface area contributed by atoms with Gasteiger partial charge in [-0.1, -0.05) is 41.7 Å². The third-order valence-corrected chi connectivity index (χ3v) is 4.92. The highest BCUT2D eigenvalue weighted by molar-refractivity contribution is 8.09. The van der Waals surface area contributed by atoms with Crippen molar-refractivity contribution >= 4 is 34.7 Å². The summed E-state index contributed by atoms with van der Waals surface area (Å²) >= 11 is 3.21. The van der Waals surface area contributed by atoms with Crippen molar-refractivity contribution in [3.05, 3.63) is 60.6 Å². The first-order valence-electron chi connectivity index (χ1n) is 6.12. The van der Waals surface area contributed by atoms with Crippen molar-refractivity contribution in [3.8, 4) is 0 Å². The molecule has 100 valence electrons. The van der Waals surface area contributed by atoms with E-state index in [4.69, 9.17) is 0 Å². The number of aldehydes is 1. The van der Waals surface area contributed by atoms with Crippen molar-refractivity contribution in [2.24, 2.45) is 0 Å². The molecule has 0 saturated carbocycles. The zero-order chi connectivity index (χ0) is 13.8. The molecule has 1 atom stereocenters. The summed E-state index contributed by atoms with van der Waals surface area (Å²) in [7, 11) is 0. The first-order valence-corrected chi connectivity index (χ1v) is 7.82. The molecule has 2 aromatic rings. The van der Waals surface area contributed by atoms with Crippen LogP contribution < -0.4 is 5.32 Å². The molecule has 20 heavy (non-hydrogen) atoms. The lowest BCUT2D eigenvalue weighted by molar-refractivity contribution is -0.107. The molecule has 1 aromatic heterocycles. The topological polar surface area (TPSA) is 42.0 Å². The Labute approximate surface area is 125 Å². The molecule has 0 aliphatic carbocycles. The molecule has 0 spiro atoms. The molecule has 0 radical (unpaired) electrons. The maximum absolute atomic E-state index is 10.8. The highest BCUT2D eigenvalue weighted by Gasteiger charge is 2.19. The number of rotatable bonds is 4. The van der Waals surface area contributed by atoms with Crippen LogP contribution in [0.2, 0.25) is 0 Å². The average molecular weight is 300 g/mol. The molecule has 0 bridgehead atoms. The lowest BCUT2D eigenvalue weighted by Gasteiger charge is -2.09. The number of benzene rings is 1. The Morgan fingerprint density at radius 2 is 2.10 bits per heavy atom. The monoisotopic (exact) mass is 300 g/mol. The zero-order valence-electron chi connectivity index (χ0n) is 10.5. The van der Waals surface area contributed by atoms with Gasteiger partial charge < -0.3 is 10.1 Å². The fourth-order valence-corrected chi connectivity index (χ4v) is 3.77. The van der Waals surface area contributed by atoms with Crippen LogP contribution in [0.4, 0.5) is 0 Å². The highest BCUT2D eigenvalue weighted by atomic mass is 32.2. The first kappa shape index (κ1) is 13.3. The van der Waals surface area contributed by atoms with Gasteiger partial charge in [-0.2, -0.15) is 0 Å². The molecule has 1 aliphatic rings. The van der Waals surface area contributed by atoms with E-state index < -0.39 is 0 Å². The lowest BCUT2D eigenvalue weighted by Crippen LogP contribution is -2.16. The van der Waals surface area contributed by atoms with Gasteiger partial charge in [-0.25, -0.2) is 0 Å². The van der Waals surface area contributed by atoms with Crippen LogP contribution in [0.1, 0.15) is 5.56 Å². The van der Waals surface area contributed by atoms with E-state index in [0.29, 0.717) is 0 Å². The highest BCUT2D eigenvalue weighted by Crippen LogP contribution is 2.40. The number of hydrogen-bond donors (Lipinski definition) is 1. The Kier molecular flexibility index (Phi) is 4.08. The molecule has 1 aromatic carbocycles. The Hall–Kier alpha value is -1.72. The van der Waals surface area contributed by atoms with Gasteiger partial charge >= 0.3 is 0 Å². The Morgan fingerprint density at radius 3 is 2.85 bits per heavy atom. The minimum atomic E-state index is -0.187. The molecule has 3 rings (SSSR count). The van der Waals surface area contributed by atoms with Crippen LogP contribution in [0.5, 0.6) is 0 Å². The lowest BCUT2D eigenvalue weighted by atomic mass is 10.2. The molecule has 1 N–H and O–H groups in total. The predicted octanol–water partition coefficient (Wildman–Crippen LogP) is 3.39. The predicted molar refractivity (Wildman–Crippen MR) is 83.4 cm³/mol. The number of nitrogens with zero attached hydrogens (tertiary/aromatic N) is 1. The number of aromatic nitrogens is 1. The Bertz CT molecular complexity index is 643. The Balaban J connectivity index is 1.88. The standard InChI is InChI=1S/C15H12N2OS2/c18-10-15-17-9-14(20-15)12-6-7-16-8-13(12)19-11-4-2-1-3-5-11/h1-10,15,17H. The van der Waals surface area contributed by atoms with Crippen molar-refractivity contribution in [2.75, 3.05) is 0 Å². The summed E-state index contributed by atoms with van der Waals surface area (Å²) < 4.78 is 0. The van der Waals surface area contributed by atoms with Gasteiger partial charge in [0.1, 0.15) is 5.37 Å². The van der Waals surface area contributed by atoms with Gasteiger partial charge in [0, 0.05) is 38.9 Å². The summed E-state index contributed by atoms with van der Waals surface area (Å²) in [5, 5.41) is 2.86. The summed E-state index contributed by atoms with van der Waals surface area (Å²) in [6.07, 6.45) is 6.45. The van der Waals surface area contributed by atoms with E-state index in [0.717, 1.165) is 21.7 Å².